The van der Waals surface area contributed by atoms with Crippen LogP contribution in [0.2, 0.25) is 0 Å². The molecule has 1 aromatic rings. The molecule has 3 rings (SSSR count). The van der Waals surface area contributed by atoms with Crippen molar-refractivity contribution < 1.29 is 14.6 Å². The van der Waals surface area contributed by atoms with Crippen LogP contribution in [0.5, 0.6) is 0 Å². The number of nitrogens with one attached hydrogen (secondary N) is 4. The molecule has 1 aliphatic carbocycles. The van der Waals surface area contributed by atoms with E-state index < -0.39 is 17.0 Å². The fourth-order valence-electron chi connectivity index (χ4n) is 3.69. The van der Waals surface area contributed by atoms with Crippen LogP contribution in [0.1, 0.15) is 19.3 Å². The van der Waals surface area contributed by atoms with Crippen molar-refractivity contribution in [2.45, 2.75) is 37.4 Å². The lowest BCUT2D eigenvalue weighted by atomic mass is 9.79. The van der Waals surface area contributed by atoms with Gasteiger partial charge < -0.3 is 10.6 Å². The van der Waals surface area contributed by atoms with Crippen LogP contribution in [-0.4, -0.2) is 47.0 Å². The maximum absolute atomic E-state index is 12.4. The van der Waals surface area contributed by atoms with Crippen LogP contribution >= 0.6 is 0 Å². The van der Waals surface area contributed by atoms with Crippen LogP contribution in [-0.2, 0) is 4.79 Å². The number of fused-ring (bicyclic) bond motifs is 1. The third kappa shape index (κ3) is 4.49. The topological polar surface area (TPSA) is 151 Å². The average Bonchev–Trinajstić information content (AvgIpc) is 3.08. The highest BCUT2D eigenvalue weighted by atomic mass is 16.6. The summed E-state index contributed by atoms with van der Waals surface area (Å²) in [4.78, 5) is 33.4. The summed E-state index contributed by atoms with van der Waals surface area (Å²) in [6, 6.07) is 5.02. The Morgan fingerprint density at radius 2 is 1.85 bits per heavy atom. The Morgan fingerprint density at radius 1 is 1.11 bits per heavy atom. The largest absolute Gasteiger partial charge is 0.383 e. The van der Waals surface area contributed by atoms with Gasteiger partial charge in [0, 0.05) is 60.6 Å². The second-order valence-corrected chi connectivity index (χ2v) is 6.81. The molecule has 1 amide bonds. The van der Waals surface area contributed by atoms with Gasteiger partial charge in [-0.1, -0.05) is 0 Å². The molecular weight excluding hydrogens is 356 g/mol. The average molecular weight is 378 g/mol. The number of nitro benzene ring substituents is 1. The molecule has 1 aliphatic heterocycles. The molecule has 1 saturated carbocycles. The molecule has 0 spiro atoms. The van der Waals surface area contributed by atoms with E-state index in [1.165, 1.54) is 12.1 Å². The number of carbonyl (C=O) groups excluding carboxylic acids is 1. The predicted molar refractivity (Wildman–Crippen MR) is 96.6 cm³/mol. The highest BCUT2D eigenvalue weighted by Gasteiger charge is 2.46. The zero-order valence-corrected chi connectivity index (χ0v) is 14.6. The van der Waals surface area contributed by atoms with Gasteiger partial charge in [0.1, 0.15) is 6.04 Å². The number of hydrogen-bond acceptors (Lipinski definition) is 8. The molecule has 4 unspecified atom stereocenters. The van der Waals surface area contributed by atoms with Crippen molar-refractivity contribution in [2.24, 2.45) is 5.92 Å². The van der Waals surface area contributed by atoms with Crippen LogP contribution < -0.4 is 21.5 Å². The summed E-state index contributed by atoms with van der Waals surface area (Å²) in [7, 11) is 0. The maximum atomic E-state index is 12.4. The van der Waals surface area contributed by atoms with Crippen molar-refractivity contribution in [3.8, 4) is 0 Å². The molecule has 146 valence electrons. The molecule has 4 N–H and O–H groups in total. The van der Waals surface area contributed by atoms with Crippen LogP contribution in [0.3, 0.4) is 0 Å². The molecule has 2 fully saturated rings. The fraction of sp³-hybridized carbons (Fsp3) is 0.562. The lowest BCUT2D eigenvalue weighted by molar-refractivity contribution is -0.528. The van der Waals surface area contributed by atoms with Crippen LogP contribution in [0.15, 0.2) is 24.3 Å². The second kappa shape index (κ2) is 8.27. The molecule has 0 aromatic heterocycles. The number of amides is 1. The van der Waals surface area contributed by atoms with Gasteiger partial charge in [0.25, 0.3) is 5.69 Å². The summed E-state index contributed by atoms with van der Waals surface area (Å²) >= 11 is 0. The van der Waals surface area contributed by atoms with Gasteiger partial charge in [0.15, 0.2) is 0 Å². The van der Waals surface area contributed by atoms with Gasteiger partial charge in [0.2, 0.25) is 11.9 Å². The summed E-state index contributed by atoms with van der Waals surface area (Å²) in [5.74, 6) is -0.290. The van der Waals surface area contributed by atoms with Gasteiger partial charge in [-0.25, -0.2) is 5.43 Å². The number of hydrogen-bond donors (Lipinski definition) is 4. The Kier molecular flexibility index (Phi) is 5.81. The quantitative estimate of drug-likeness (QED) is 0.302. The van der Waals surface area contributed by atoms with Gasteiger partial charge in [-0.2, -0.15) is 0 Å². The second-order valence-electron chi connectivity index (χ2n) is 6.81. The van der Waals surface area contributed by atoms with Gasteiger partial charge in [0.05, 0.1) is 4.92 Å². The Hall–Kier alpha value is -2.79. The molecule has 1 heterocycles. The number of nitrogens with zero attached hydrogens (tertiary/aromatic N) is 2. The van der Waals surface area contributed by atoms with Gasteiger partial charge in [-0.05, 0) is 18.6 Å². The van der Waals surface area contributed by atoms with E-state index >= 15 is 0 Å². The maximum Gasteiger partial charge on any atom is 0.269 e. The Bertz CT molecular complexity index is 712. The molecule has 0 bridgehead atoms. The highest BCUT2D eigenvalue weighted by Crippen LogP contribution is 2.31. The van der Waals surface area contributed by atoms with Crippen molar-refractivity contribution in [2.75, 3.05) is 18.4 Å². The van der Waals surface area contributed by atoms with Crippen molar-refractivity contribution in [3.63, 3.8) is 0 Å². The van der Waals surface area contributed by atoms with E-state index in [9.17, 15) is 25.0 Å². The van der Waals surface area contributed by atoms with E-state index in [1.54, 1.807) is 12.1 Å². The standard InChI is InChI=1S/C16H22N6O5/c23-16(15-13-9-12(22(26)27)5-6-14(13)19-20-15)18-8-7-17-10-1-3-11(4-2-10)21(24)25/h1-4,12-15,17,19-20H,5-9H2,(H,18,23). The number of carbonyl (C=O) groups is 1. The number of benzene rings is 1. The lowest BCUT2D eigenvalue weighted by Gasteiger charge is -2.28. The molecule has 1 aromatic carbocycles. The molecule has 0 radical (unpaired) electrons. The minimum Gasteiger partial charge on any atom is -0.383 e. The van der Waals surface area contributed by atoms with Crippen molar-refractivity contribution in [1.82, 2.24) is 16.2 Å². The minimum absolute atomic E-state index is 0.0173. The first-order chi connectivity index (χ1) is 13.0. The molecule has 2 aliphatic rings. The number of nitro groups is 2. The first-order valence-electron chi connectivity index (χ1n) is 8.86. The summed E-state index contributed by atoms with van der Waals surface area (Å²) in [5.41, 5.74) is 6.78. The third-order valence-corrected chi connectivity index (χ3v) is 5.14. The fourth-order valence-corrected chi connectivity index (χ4v) is 3.69. The number of non-ortho nitro benzene ring substituents is 1. The minimum atomic E-state index is -0.591. The normalized spacial score (nSPS) is 26.8. The van der Waals surface area contributed by atoms with E-state index in [0.29, 0.717) is 32.4 Å². The number of anilines is 1. The monoisotopic (exact) mass is 378 g/mol. The van der Waals surface area contributed by atoms with Crippen molar-refractivity contribution >= 4 is 17.3 Å². The molecule has 1 saturated heterocycles. The highest BCUT2D eigenvalue weighted by molar-refractivity contribution is 5.82. The Labute approximate surface area is 155 Å². The van der Waals surface area contributed by atoms with Crippen molar-refractivity contribution in [1.29, 1.82) is 0 Å². The summed E-state index contributed by atoms with van der Waals surface area (Å²) in [6.07, 6.45) is 1.59. The Balaban J connectivity index is 1.44. The molecule has 27 heavy (non-hydrogen) atoms. The zero-order chi connectivity index (χ0) is 19.4. The first kappa shape index (κ1) is 19.0. The summed E-state index contributed by atoms with van der Waals surface area (Å²) in [5, 5.41) is 27.6. The van der Waals surface area contributed by atoms with Crippen molar-refractivity contribution in [3.05, 3.63) is 44.5 Å². The molecule has 4 atom stereocenters. The first-order valence-corrected chi connectivity index (χ1v) is 8.86. The van der Waals surface area contributed by atoms with Gasteiger partial charge in [-0.15, -0.1) is 0 Å². The molecular formula is C16H22N6O5. The van der Waals surface area contributed by atoms with E-state index in [4.69, 9.17) is 0 Å². The number of hydrazine groups is 1. The van der Waals surface area contributed by atoms with E-state index in [0.717, 1.165) is 5.69 Å². The summed E-state index contributed by atoms with van der Waals surface area (Å²) < 4.78 is 0. The SMILES string of the molecule is O=C(NCCNc1ccc([N+](=O)[O-])cc1)C1NNC2CCC([N+](=O)[O-])CC21. The van der Waals surface area contributed by atoms with E-state index in [-0.39, 0.29) is 28.5 Å². The smallest absolute Gasteiger partial charge is 0.269 e. The van der Waals surface area contributed by atoms with Gasteiger partial charge in [-0.3, -0.25) is 30.4 Å². The van der Waals surface area contributed by atoms with E-state index in [1.807, 2.05) is 0 Å². The molecule has 11 nitrogen and oxygen atoms in total. The van der Waals surface area contributed by atoms with Gasteiger partial charge >= 0.3 is 0 Å². The predicted octanol–water partition coefficient (Wildman–Crippen LogP) is 0.413. The summed E-state index contributed by atoms with van der Waals surface area (Å²) in [6.45, 7) is 0.819. The zero-order valence-electron chi connectivity index (χ0n) is 14.6. The molecule has 11 heteroatoms. The van der Waals surface area contributed by atoms with E-state index in [2.05, 4.69) is 21.5 Å². The van der Waals surface area contributed by atoms with Crippen LogP contribution in [0.25, 0.3) is 0 Å². The number of rotatable bonds is 7. The Morgan fingerprint density at radius 3 is 2.52 bits per heavy atom. The van der Waals surface area contributed by atoms with Crippen LogP contribution in [0, 0.1) is 26.1 Å². The third-order valence-electron chi connectivity index (χ3n) is 5.14. The van der Waals surface area contributed by atoms with Crippen LogP contribution in [0.4, 0.5) is 11.4 Å². The lowest BCUT2D eigenvalue weighted by Crippen LogP contribution is -2.48.